The zero-order valence-electron chi connectivity index (χ0n) is 15.8. The van der Waals surface area contributed by atoms with E-state index in [1.807, 2.05) is 13.1 Å². The maximum absolute atomic E-state index is 5.37. The van der Waals surface area contributed by atoms with Gasteiger partial charge in [-0.05, 0) is 17.7 Å². The molecule has 0 saturated carbocycles. The van der Waals surface area contributed by atoms with Crippen molar-refractivity contribution in [3.8, 4) is 11.5 Å². The summed E-state index contributed by atoms with van der Waals surface area (Å²) in [4.78, 5) is 13.4. The molecule has 0 spiro atoms. The first-order valence-corrected chi connectivity index (χ1v) is 8.87. The summed E-state index contributed by atoms with van der Waals surface area (Å²) in [6.45, 7) is 4.48. The molecule has 142 valence electrons. The first-order chi connectivity index (χ1) is 13.2. The summed E-state index contributed by atoms with van der Waals surface area (Å²) in [5, 5.41) is 8.28. The summed E-state index contributed by atoms with van der Waals surface area (Å²) in [6, 6.07) is 6.01. The van der Waals surface area contributed by atoms with Gasteiger partial charge in [-0.25, -0.2) is 14.6 Å². The zero-order valence-corrected chi connectivity index (χ0v) is 15.8. The van der Waals surface area contributed by atoms with Gasteiger partial charge in [0, 0.05) is 45.8 Å². The van der Waals surface area contributed by atoms with Gasteiger partial charge in [-0.1, -0.05) is 5.21 Å². The highest BCUT2D eigenvalue weighted by molar-refractivity contribution is 5.82. The van der Waals surface area contributed by atoms with E-state index in [9.17, 15) is 0 Å². The second kappa shape index (κ2) is 7.36. The molecule has 1 saturated heterocycles. The quantitative estimate of drug-likeness (QED) is 0.661. The molecule has 1 aliphatic heterocycles. The molecule has 0 amide bonds. The Balaban J connectivity index is 1.45. The topological polar surface area (TPSA) is 81.4 Å². The molecule has 1 aliphatic rings. The molecule has 1 fully saturated rings. The first kappa shape index (κ1) is 17.5. The number of aromatic nitrogens is 5. The van der Waals surface area contributed by atoms with Gasteiger partial charge >= 0.3 is 0 Å². The minimum atomic E-state index is 0.755. The molecule has 9 heteroatoms. The molecule has 3 heterocycles. The molecular weight excluding hydrogens is 346 g/mol. The lowest BCUT2D eigenvalue weighted by molar-refractivity contribution is 0.248. The summed E-state index contributed by atoms with van der Waals surface area (Å²) in [5.41, 5.74) is 2.69. The van der Waals surface area contributed by atoms with Crippen LogP contribution in [0.3, 0.4) is 0 Å². The van der Waals surface area contributed by atoms with Crippen LogP contribution in [0.15, 0.2) is 24.5 Å². The lowest BCUT2D eigenvalue weighted by Crippen LogP contribution is -2.46. The Morgan fingerprint density at radius 2 is 1.67 bits per heavy atom. The number of hydrogen-bond donors (Lipinski definition) is 0. The SMILES string of the molecule is COc1cc(CN2CCN(c3ncnc4c3nnn4C)CC2)cc(OC)c1. The maximum Gasteiger partial charge on any atom is 0.183 e. The third-order valence-electron chi connectivity index (χ3n) is 4.86. The Morgan fingerprint density at radius 3 is 2.33 bits per heavy atom. The van der Waals surface area contributed by atoms with Crippen molar-refractivity contribution >= 4 is 17.0 Å². The molecule has 0 radical (unpaired) electrons. The predicted octanol–water partition coefficient (Wildman–Crippen LogP) is 1.10. The van der Waals surface area contributed by atoms with Gasteiger partial charge in [0.1, 0.15) is 17.8 Å². The van der Waals surface area contributed by atoms with Gasteiger partial charge in [-0.3, -0.25) is 4.90 Å². The summed E-state index contributed by atoms with van der Waals surface area (Å²) in [7, 11) is 5.19. The lowest BCUT2D eigenvalue weighted by Gasteiger charge is -2.35. The highest BCUT2D eigenvalue weighted by Gasteiger charge is 2.22. The average Bonchev–Trinajstić information content (AvgIpc) is 3.09. The van der Waals surface area contributed by atoms with E-state index < -0.39 is 0 Å². The van der Waals surface area contributed by atoms with Crippen molar-refractivity contribution in [1.29, 1.82) is 0 Å². The van der Waals surface area contributed by atoms with E-state index in [4.69, 9.17) is 9.47 Å². The van der Waals surface area contributed by atoms with Gasteiger partial charge < -0.3 is 14.4 Å². The van der Waals surface area contributed by atoms with E-state index in [2.05, 4.69) is 42.2 Å². The minimum absolute atomic E-state index is 0.755. The van der Waals surface area contributed by atoms with Gasteiger partial charge in [0.25, 0.3) is 0 Å². The Hall–Kier alpha value is -2.94. The fraction of sp³-hybridized carbons (Fsp3) is 0.444. The molecule has 0 unspecified atom stereocenters. The zero-order chi connectivity index (χ0) is 18.8. The summed E-state index contributed by atoms with van der Waals surface area (Å²) in [5.74, 6) is 2.49. The molecular formula is C18H23N7O2. The average molecular weight is 369 g/mol. The first-order valence-electron chi connectivity index (χ1n) is 8.87. The van der Waals surface area contributed by atoms with E-state index in [0.717, 1.165) is 61.2 Å². The van der Waals surface area contributed by atoms with Crippen LogP contribution in [-0.2, 0) is 13.6 Å². The predicted molar refractivity (Wildman–Crippen MR) is 101 cm³/mol. The number of anilines is 1. The number of hydrogen-bond acceptors (Lipinski definition) is 8. The largest absolute Gasteiger partial charge is 0.497 e. The van der Waals surface area contributed by atoms with E-state index in [1.54, 1.807) is 25.2 Å². The van der Waals surface area contributed by atoms with Crippen molar-refractivity contribution in [3.63, 3.8) is 0 Å². The van der Waals surface area contributed by atoms with Crippen molar-refractivity contribution in [2.75, 3.05) is 45.3 Å². The molecule has 2 aromatic heterocycles. The van der Waals surface area contributed by atoms with Crippen molar-refractivity contribution in [3.05, 3.63) is 30.1 Å². The standard InChI is InChI=1S/C18H23N7O2/c1-23-17-16(21-22-23)18(20-12-19-17)25-6-4-24(5-7-25)11-13-8-14(26-2)10-15(9-13)27-3/h8-10,12H,4-7,11H2,1-3H3. The van der Waals surface area contributed by atoms with Crippen LogP contribution in [-0.4, -0.2) is 70.3 Å². The minimum Gasteiger partial charge on any atom is -0.497 e. The smallest absolute Gasteiger partial charge is 0.183 e. The Labute approximate surface area is 157 Å². The van der Waals surface area contributed by atoms with Crippen LogP contribution in [0.2, 0.25) is 0 Å². The molecule has 0 N–H and O–H groups in total. The van der Waals surface area contributed by atoms with Gasteiger partial charge in [0.15, 0.2) is 17.0 Å². The van der Waals surface area contributed by atoms with Crippen LogP contribution >= 0.6 is 0 Å². The van der Waals surface area contributed by atoms with E-state index in [-0.39, 0.29) is 0 Å². The number of fused-ring (bicyclic) bond motifs is 1. The Morgan fingerprint density at radius 1 is 0.963 bits per heavy atom. The van der Waals surface area contributed by atoms with E-state index in [1.165, 1.54) is 5.56 Å². The van der Waals surface area contributed by atoms with Crippen molar-refractivity contribution in [2.24, 2.45) is 7.05 Å². The normalized spacial score (nSPS) is 15.3. The summed E-state index contributed by atoms with van der Waals surface area (Å²) >= 11 is 0. The third-order valence-corrected chi connectivity index (χ3v) is 4.86. The molecule has 1 aromatic carbocycles. The van der Waals surface area contributed by atoms with Crippen molar-refractivity contribution in [2.45, 2.75) is 6.54 Å². The highest BCUT2D eigenvalue weighted by atomic mass is 16.5. The van der Waals surface area contributed by atoms with Gasteiger partial charge in [0.2, 0.25) is 0 Å². The molecule has 9 nitrogen and oxygen atoms in total. The van der Waals surface area contributed by atoms with E-state index >= 15 is 0 Å². The van der Waals surface area contributed by atoms with Gasteiger partial charge in [-0.2, -0.15) is 0 Å². The maximum atomic E-state index is 5.37. The van der Waals surface area contributed by atoms with Crippen LogP contribution in [0.25, 0.3) is 11.2 Å². The molecule has 0 aliphatic carbocycles. The van der Waals surface area contributed by atoms with Crippen LogP contribution in [0.4, 0.5) is 5.82 Å². The number of benzene rings is 1. The number of nitrogens with zero attached hydrogens (tertiary/aromatic N) is 7. The fourth-order valence-electron chi connectivity index (χ4n) is 3.41. The monoisotopic (exact) mass is 369 g/mol. The second-order valence-electron chi connectivity index (χ2n) is 6.57. The Kier molecular flexibility index (Phi) is 4.76. The second-order valence-corrected chi connectivity index (χ2v) is 6.57. The van der Waals surface area contributed by atoms with Crippen LogP contribution < -0.4 is 14.4 Å². The highest BCUT2D eigenvalue weighted by Crippen LogP contribution is 2.25. The summed E-state index contributed by atoms with van der Waals surface area (Å²) < 4.78 is 12.4. The van der Waals surface area contributed by atoms with E-state index in [0.29, 0.717) is 0 Å². The molecule has 27 heavy (non-hydrogen) atoms. The molecule has 0 atom stereocenters. The molecule has 3 aromatic rings. The van der Waals surface area contributed by atoms with Crippen molar-refractivity contribution < 1.29 is 9.47 Å². The molecule has 0 bridgehead atoms. The fourth-order valence-corrected chi connectivity index (χ4v) is 3.41. The van der Waals surface area contributed by atoms with Crippen molar-refractivity contribution in [1.82, 2.24) is 29.9 Å². The number of rotatable bonds is 5. The summed E-state index contributed by atoms with van der Waals surface area (Å²) in [6.07, 6.45) is 1.58. The van der Waals surface area contributed by atoms with Crippen LogP contribution in [0, 0.1) is 0 Å². The Bertz CT molecular complexity index is 912. The lowest BCUT2D eigenvalue weighted by atomic mass is 10.1. The van der Waals surface area contributed by atoms with Gasteiger partial charge in [0.05, 0.1) is 14.2 Å². The van der Waals surface area contributed by atoms with Gasteiger partial charge in [-0.15, -0.1) is 5.10 Å². The van der Waals surface area contributed by atoms with Crippen LogP contribution in [0.5, 0.6) is 11.5 Å². The number of methoxy groups -OCH3 is 2. The number of ether oxygens (including phenoxy) is 2. The number of piperazine rings is 1. The molecule has 4 rings (SSSR count). The van der Waals surface area contributed by atoms with Crippen LogP contribution in [0.1, 0.15) is 5.56 Å². The number of aryl methyl sites for hydroxylation is 1. The third kappa shape index (κ3) is 3.50.